The van der Waals surface area contributed by atoms with E-state index in [0.717, 1.165) is 103 Å². The normalized spacial score (nSPS) is 14.0. The number of amides is 1. The predicted molar refractivity (Wildman–Crippen MR) is 273 cm³/mol. The lowest BCUT2D eigenvalue weighted by atomic mass is 10.0. The van der Waals surface area contributed by atoms with Gasteiger partial charge in [0.25, 0.3) is 0 Å². The van der Waals surface area contributed by atoms with Crippen LogP contribution >= 0.6 is 0 Å². The molecule has 0 heterocycles. The monoisotopic (exact) mass is 876 g/mol. The fourth-order valence-corrected chi connectivity index (χ4v) is 7.44. The number of hydrogen-bond donors (Lipinski definition) is 3. The molecule has 3 atom stereocenters. The molecule has 0 spiro atoms. The largest absolute Gasteiger partial charge is 0.462 e. The molecule has 0 aliphatic rings. The maximum atomic E-state index is 13.2. The summed E-state index contributed by atoms with van der Waals surface area (Å²) in [7, 11) is 0. The van der Waals surface area contributed by atoms with Crippen LogP contribution in [0, 0.1) is 0 Å². The van der Waals surface area contributed by atoms with E-state index in [0.29, 0.717) is 19.3 Å². The van der Waals surface area contributed by atoms with E-state index in [1.54, 1.807) is 0 Å². The third-order valence-corrected chi connectivity index (χ3v) is 11.3. The summed E-state index contributed by atoms with van der Waals surface area (Å²) in [5, 5.41) is 23.8. The number of aliphatic hydroxyl groups is 2. The minimum Gasteiger partial charge on any atom is -0.462 e. The van der Waals surface area contributed by atoms with Gasteiger partial charge in [0.1, 0.15) is 6.10 Å². The van der Waals surface area contributed by atoms with Crippen molar-refractivity contribution in [3.8, 4) is 0 Å². The molecule has 360 valence electrons. The Morgan fingerprint density at radius 1 is 0.492 bits per heavy atom. The van der Waals surface area contributed by atoms with Gasteiger partial charge in [-0.2, -0.15) is 0 Å². The van der Waals surface area contributed by atoms with Gasteiger partial charge in [-0.1, -0.05) is 240 Å². The molecule has 0 rings (SSSR count). The predicted octanol–water partition coefficient (Wildman–Crippen LogP) is 15.7. The van der Waals surface area contributed by atoms with Crippen LogP contribution in [0.5, 0.6) is 0 Å². The topological polar surface area (TPSA) is 95.9 Å². The molecule has 63 heavy (non-hydrogen) atoms. The molecule has 6 heteroatoms. The number of rotatable bonds is 45. The van der Waals surface area contributed by atoms with Crippen molar-refractivity contribution in [1.29, 1.82) is 0 Å². The quantitative estimate of drug-likeness (QED) is 0.0245. The van der Waals surface area contributed by atoms with E-state index in [1.165, 1.54) is 77.0 Å². The molecule has 3 N–H and O–H groups in total. The Morgan fingerprint density at radius 3 is 1.48 bits per heavy atom. The first-order valence-corrected chi connectivity index (χ1v) is 26.0. The van der Waals surface area contributed by atoms with Gasteiger partial charge in [0.05, 0.1) is 25.2 Å². The number of ether oxygens (including phenoxy) is 1. The van der Waals surface area contributed by atoms with Crippen molar-refractivity contribution in [2.45, 2.75) is 244 Å². The maximum Gasteiger partial charge on any atom is 0.306 e. The number of carbonyl (C=O) groups is 2. The summed E-state index contributed by atoms with van der Waals surface area (Å²) in [5.74, 6) is -0.545. The Bertz CT molecular complexity index is 1260. The number of esters is 1. The van der Waals surface area contributed by atoms with Crippen LogP contribution in [0.1, 0.15) is 226 Å². The number of carbonyl (C=O) groups excluding carboxylic acids is 2. The smallest absolute Gasteiger partial charge is 0.306 e. The van der Waals surface area contributed by atoms with Gasteiger partial charge in [-0.3, -0.25) is 9.59 Å². The first kappa shape index (κ1) is 59.8. The Kier molecular flexibility index (Phi) is 47.2. The second-order valence-electron chi connectivity index (χ2n) is 17.3. The molecule has 0 radical (unpaired) electrons. The minimum atomic E-state index is -0.805. The first-order valence-electron chi connectivity index (χ1n) is 26.0. The number of nitrogens with one attached hydrogen (secondary N) is 1. The molecule has 0 saturated carbocycles. The highest BCUT2D eigenvalue weighted by Gasteiger charge is 2.24. The molecule has 0 aromatic heterocycles. The molecule has 1 amide bonds. The van der Waals surface area contributed by atoms with Crippen molar-refractivity contribution >= 4 is 11.9 Å². The summed E-state index contributed by atoms with van der Waals surface area (Å²) < 4.78 is 5.91. The molecular weight excluding hydrogens is 779 g/mol. The Hall–Kier alpha value is -3.22. The molecule has 0 aromatic rings. The van der Waals surface area contributed by atoms with E-state index in [-0.39, 0.29) is 24.9 Å². The summed E-state index contributed by atoms with van der Waals surface area (Å²) in [4.78, 5) is 26.1. The van der Waals surface area contributed by atoms with Crippen molar-refractivity contribution in [1.82, 2.24) is 5.32 Å². The van der Waals surface area contributed by atoms with Crippen LogP contribution in [0.4, 0.5) is 0 Å². The van der Waals surface area contributed by atoms with E-state index in [4.69, 9.17) is 4.74 Å². The highest BCUT2D eigenvalue weighted by molar-refractivity contribution is 5.77. The van der Waals surface area contributed by atoms with Crippen molar-refractivity contribution in [3.63, 3.8) is 0 Å². The van der Waals surface area contributed by atoms with E-state index >= 15 is 0 Å². The van der Waals surface area contributed by atoms with Crippen LogP contribution in [0.2, 0.25) is 0 Å². The lowest BCUT2D eigenvalue weighted by Gasteiger charge is -2.24. The van der Waals surface area contributed by atoms with Gasteiger partial charge in [-0.05, 0) is 70.6 Å². The summed E-state index contributed by atoms with van der Waals surface area (Å²) in [6.07, 6.45) is 66.0. The van der Waals surface area contributed by atoms with Gasteiger partial charge in [-0.25, -0.2) is 0 Å². The standard InChI is InChI=1S/C57H97NO5/c1-4-7-10-13-16-19-22-25-27-28-30-32-35-38-41-44-47-50-57(62)63-53(48-45-42-39-36-33-24-21-18-15-12-9-6-3)51-56(61)58-54(52-59)55(60)49-46-43-40-37-34-31-29-26-23-20-17-14-11-8-5-2/h7,9-10,12-13,16,18-19,21-22,25,27-28,30,32,35,53-55,59-60H,4-6,8,11,14-15,17,20,23-24,26,29,31,33-34,36-52H2,1-3H3,(H,58,61)/b10-7-,12-9+,16-13+,21-18+,22-19+,27-25-,30-28+,35-32+. The highest BCUT2D eigenvalue weighted by atomic mass is 16.5. The zero-order valence-electron chi connectivity index (χ0n) is 40.9. The van der Waals surface area contributed by atoms with E-state index in [9.17, 15) is 19.8 Å². The fourth-order valence-electron chi connectivity index (χ4n) is 7.44. The summed E-state index contributed by atoms with van der Waals surface area (Å²) in [6.45, 7) is 6.22. The van der Waals surface area contributed by atoms with Gasteiger partial charge >= 0.3 is 5.97 Å². The third-order valence-electron chi connectivity index (χ3n) is 11.3. The van der Waals surface area contributed by atoms with E-state index in [2.05, 4.69) is 68.6 Å². The van der Waals surface area contributed by atoms with Gasteiger partial charge < -0.3 is 20.3 Å². The Morgan fingerprint density at radius 2 is 0.937 bits per heavy atom. The van der Waals surface area contributed by atoms with Crippen LogP contribution in [-0.4, -0.2) is 46.9 Å². The van der Waals surface area contributed by atoms with Crippen LogP contribution in [0.25, 0.3) is 0 Å². The second-order valence-corrected chi connectivity index (χ2v) is 17.3. The van der Waals surface area contributed by atoms with Crippen LogP contribution < -0.4 is 5.32 Å². The van der Waals surface area contributed by atoms with Crippen molar-refractivity contribution in [2.75, 3.05) is 6.61 Å². The van der Waals surface area contributed by atoms with Crippen LogP contribution in [-0.2, 0) is 14.3 Å². The summed E-state index contributed by atoms with van der Waals surface area (Å²) in [5.41, 5.74) is 0. The Balaban J connectivity index is 4.65. The molecule has 6 nitrogen and oxygen atoms in total. The van der Waals surface area contributed by atoms with Crippen LogP contribution in [0.3, 0.4) is 0 Å². The van der Waals surface area contributed by atoms with Gasteiger partial charge in [0.15, 0.2) is 0 Å². The van der Waals surface area contributed by atoms with Gasteiger partial charge in [0, 0.05) is 6.42 Å². The van der Waals surface area contributed by atoms with Gasteiger partial charge in [-0.15, -0.1) is 0 Å². The lowest BCUT2D eigenvalue weighted by Crippen LogP contribution is -2.46. The van der Waals surface area contributed by atoms with Crippen LogP contribution in [0.15, 0.2) is 97.2 Å². The number of aliphatic hydroxyl groups excluding tert-OH is 2. The maximum absolute atomic E-state index is 13.2. The first-order chi connectivity index (χ1) is 31.0. The number of allylic oxidation sites excluding steroid dienone is 16. The molecular formula is C57H97NO5. The number of unbranched alkanes of at least 4 members (excludes halogenated alkanes) is 22. The number of hydrogen-bond acceptors (Lipinski definition) is 5. The average Bonchev–Trinajstić information content (AvgIpc) is 3.28. The van der Waals surface area contributed by atoms with Crippen molar-refractivity contribution in [3.05, 3.63) is 97.2 Å². The Labute approximate surface area is 388 Å². The van der Waals surface area contributed by atoms with Crippen molar-refractivity contribution in [2.24, 2.45) is 0 Å². The fraction of sp³-hybridized carbons (Fsp3) is 0.684. The molecule has 0 saturated heterocycles. The average molecular weight is 876 g/mol. The van der Waals surface area contributed by atoms with E-state index < -0.39 is 18.2 Å². The molecule has 0 fully saturated rings. The summed E-state index contributed by atoms with van der Waals surface area (Å²) >= 11 is 0. The second kappa shape index (κ2) is 49.8. The SMILES string of the molecule is CC\C=C/C=C/C=C/C=C\C=C\C=C\CCCCCC(=O)OC(CCCCCCC/C=C/C/C=C/CC)CC(=O)NC(CO)C(O)CCCCCCCCCCCCCCCCC. The molecule has 0 aliphatic carbocycles. The lowest BCUT2D eigenvalue weighted by molar-refractivity contribution is -0.151. The molecule has 0 aromatic carbocycles. The summed E-state index contributed by atoms with van der Waals surface area (Å²) in [6, 6.07) is -0.721. The van der Waals surface area contributed by atoms with Crippen molar-refractivity contribution < 1.29 is 24.5 Å². The molecule has 3 unspecified atom stereocenters. The minimum absolute atomic E-state index is 0.0443. The van der Waals surface area contributed by atoms with Gasteiger partial charge in [0.2, 0.25) is 5.91 Å². The van der Waals surface area contributed by atoms with E-state index in [1.807, 2.05) is 54.7 Å². The highest BCUT2D eigenvalue weighted by Crippen LogP contribution is 2.17. The zero-order chi connectivity index (χ0) is 45.9. The molecule has 0 aliphatic heterocycles. The molecule has 0 bridgehead atoms. The zero-order valence-corrected chi connectivity index (χ0v) is 40.9. The third kappa shape index (κ3) is 45.2.